The van der Waals surface area contributed by atoms with E-state index in [9.17, 15) is 19.8 Å². The predicted molar refractivity (Wildman–Crippen MR) is 191 cm³/mol. The van der Waals surface area contributed by atoms with Gasteiger partial charge in [0.05, 0.1) is 24.7 Å². The molecule has 11 heteroatoms. The number of hydroxylamine groups is 2. The number of carbonyl (C=O) groups is 2. The van der Waals surface area contributed by atoms with E-state index < -0.39 is 36.3 Å². The Hall–Kier alpha value is -1.37. The van der Waals surface area contributed by atoms with Crippen molar-refractivity contribution in [1.29, 1.82) is 0 Å². The Bertz CT molecular complexity index is 1160. The largest absolute Gasteiger partial charge is 0.394 e. The molecule has 1 aliphatic heterocycles. The van der Waals surface area contributed by atoms with Gasteiger partial charge in [0.15, 0.2) is 0 Å². The lowest BCUT2D eigenvalue weighted by Crippen LogP contribution is -2.62. The van der Waals surface area contributed by atoms with Gasteiger partial charge in [0.25, 0.3) is 0 Å². The van der Waals surface area contributed by atoms with Crippen LogP contribution in [0.15, 0.2) is 0 Å². The summed E-state index contributed by atoms with van der Waals surface area (Å²) in [4.78, 5) is 36.1. The summed E-state index contributed by atoms with van der Waals surface area (Å²) >= 11 is 0. The van der Waals surface area contributed by atoms with E-state index in [1.807, 2.05) is 14.1 Å². The Morgan fingerprint density at radius 2 is 1.80 bits per heavy atom. The number of nitrogens with zero attached hydrogens (tertiary/aromatic N) is 2. The van der Waals surface area contributed by atoms with E-state index in [2.05, 4.69) is 50.2 Å². The van der Waals surface area contributed by atoms with Crippen molar-refractivity contribution in [3.8, 4) is 0 Å². The van der Waals surface area contributed by atoms with Crippen molar-refractivity contribution in [3.63, 3.8) is 0 Å². The molecule has 2 amide bonds. The van der Waals surface area contributed by atoms with E-state index in [1.54, 1.807) is 19.1 Å². The molecular formula is C39H69FN4O6. The fourth-order valence-corrected chi connectivity index (χ4v) is 11.0. The van der Waals surface area contributed by atoms with Crippen LogP contribution in [0.1, 0.15) is 92.9 Å². The highest BCUT2D eigenvalue weighted by Crippen LogP contribution is 2.61. The summed E-state index contributed by atoms with van der Waals surface area (Å²) in [7, 11) is 5.70. The minimum absolute atomic E-state index is 0.0315. The maximum Gasteiger partial charge on any atom is 0.240 e. The normalized spacial score (nSPS) is 41.4. The van der Waals surface area contributed by atoms with Crippen molar-refractivity contribution < 1.29 is 33.8 Å². The first kappa shape index (κ1) is 39.8. The first-order chi connectivity index (χ1) is 23.6. The number of alkyl halides is 1. The molecule has 0 aromatic carbocycles. The van der Waals surface area contributed by atoms with Gasteiger partial charge in [-0.2, -0.15) is 5.06 Å². The molecule has 0 aromatic rings. The van der Waals surface area contributed by atoms with Gasteiger partial charge < -0.3 is 30.5 Å². The van der Waals surface area contributed by atoms with Crippen LogP contribution in [-0.2, 0) is 19.2 Å². The molecule has 6 unspecified atom stereocenters. The lowest BCUT2D eigenvalue weighted by molar-refractivity contribution is -0.193. The van der Waals surface area contributed by atoms with Crippen LogP contribution in [0, 0.1) is 58.7 Å². The van der Waals surface area contributed by atoms with Crippen LogP contribution in [0.4, 0.5) is 4.39 Å². The molecule has 5 saturated carbocycles. The monoisotopic (exact) mass is 709 g/mol. The highest BCUT2D eigenvalue weighted by atomic mass is 19.1. The van der Waals surface area contributed by atoms with Crippen LogP contribution in [0.25, 0.3) is 0 Å². The van der Waals surface area contributed by atoms with Crippen LogP contribution in [0.5, 0.6) is 0 Å². The SMILES string of the molecule is COC1C(CN2O[C@@H](CO)[C@@H]([C@H](C)O)[C@H]2C(=O)N[C@H]2C[C@H]3C[C@@H]([C@@H]2C)C3(C)C)CCCC1C1CCC(F)C(C(=O)N[C@@H](CN(C)C)C(C)C)C1. The second-order valence-electron chi connectivity index (χ2n) is 18.1. The zero-order valence-electron chi connectivity index (χ0n) is 32.3. The quantitative estimate of drug-likeness (QED) is 0.226. The summed E-state index contributed by atoms with van der Waals surface area (Å²) in [6, 6.07) is -0.715. The molecule has 50 heavy (non-hydrogen) atoms. The number of hydrogen-bond donors (Lipinski definition) is 4. The number of carbonyl (C=O) groups excluding carboxylic acids is 2. The van der Waals surface area contributed by atoms with Crippen molar-refractivity contribution in [3.05, 3.63) is 0 Å². The molecular weight excluding hydrogens is 639 g/mol. The summed E-state index contributed by atoms with van der Waals surface area (Å²) in [5.41, 5.74) is 0.301. The molecule has 10 nitrogen and oxygen atoms in total. The second kappa shape index (κ2) is 16.3. The Kier molecular flexibility index (Phi) is 13.0. The number of fused-ring (bicyclic) bond motifs is 2. The summed E-state index contributed by atoms with van der Waals surface area (Å²) in [6.45, 7) is 13.6. The third-order valence-electron chi connectivity index (χ3n) is 14.2. The van der Waals surface area contributed by atoms with Crippen LogP contribution in [0.2, 0.25) is 0 Å². The Morgan fingerprint density at radius 1 is 1.08 bits per heavy atom. The number of halogens is 1. The topological polar surface area (TPSA) is 124 Å². The van der Waals surface area contributed by atoms with Crippen LogP contribution in [0.3, 0.4) is 0 Å². The average Bonchev–Trinajstić information content (AvgIpc) is 3.43. The van der Waals surface area contributed by atoms with E-state index in [0.717, 1.165) is 25.7 Å². The lowest BCUT2D eigenvalue weighted by Gasteiger charge is -2.62. The van der Waals surface area contributed by atoms with Gasteiger partial charge in [-0.3, -0.25) is 14.4 Å². The molecule has 0 radical (unpaired) electrons. The number of aliphatic hydroxyl groups excluding tert-OH is 2. The predicted octanol–water partition coefficient (Wildman–Crippen LogP) is 4.04. The number of amides is 2. The molecule has 1 saturated heterocycles. The maximum atomic E-state index is 15.4. The van der Waals surface area contributed by atoms with Crippen molar-refractivity contribution in [2.24, 2.45) is 58.7 Å². The van der Waals surface area contributed by atoms with E-state index in [-0.39, 0.29) is 60.3 Å². The van der Waals surface area contributed by atoms with E-state index in [1.165, 1.54) is 6.42 Å². The summed E-state index contributed by atoms with van der Waals surface area (Å²) < 4.78 is 21.7. The zero-order valence-corrected chi connectivity index (χ0v) is 32.3. The van der Waals surface area contributed by atoms with Gasteiger partial charge in [0.2, 0.25) is 11.8 Å². The van der Waals surface area contributed by atoms with Gasteiger partial charge in [0, 0.05) is 44.1 Å². The molecule has 15 atom stereocenters. The summed E-state index contributed by atoms with van der Waals surface area (Å²) in [5, 5.41) is 29.5. The number of aliphatic hydroxyl groups is 2. The average molecular weight is 709 g/mol. The summed E-state index contributed by atoms with van der Waals surface area (Å²) in [5.74, 6) is 0.511. The smallest absolute Gasteiger partial charge is 0.240 e. The van der Waals surface area contributed by atoms with Gasteiger partial charge in [-0.25, -0.2) is 4.39 Å². The van der Waals surface area contributed by atoms with Gasteiger partial charge in [-0.1, -0.05) is 41.0 Å². The molecule has 5 aliphatic carbocycles. The first-order valence-electron chi connectivity index (χ1n) is 19.7. The fourth-order valence-electron chi connectivity index (χ4n) is 11.0. The van der Waals surface area contributed by atoms with Crippen LogP contribution < -0.4 is 10.6 Å². The van der Waals surface area contributed by atoms with E-state index in [0.29, 0.717) is 55.5 Å². The van der Waals surface area contributed by atoms with Gasteiger partial charge in [-0.05, 0) is 107 Å². The van der Waals surface area contributed by atoms with Gasteiger partial charge >= 0.3 is 0 Å². The molecule has 288 valence electrons. The molecule has 6 fully saturated rings. The number of rotatable bonds is 13. The fraction of sp³-hybridized carbons (Fsp3) is 0.949. The Morgan fingerprint density at radius 3 is 2.38 bits per heavy atom. The second-order valence-corrected chi connectivity index (χ2v) is 18.1. The van der Waals surface area contributed by atoms with E-state index >= 15 is 4.39 Å². The summed E-state index contributed by atoms with van der Waals surface area (Å²) in [6.07, 6.45) is 3.69. The molecule has 6 aliphatic rings. The first-order valence-corrected chi connectivity index (χ1v) is 19.7. The molecule has 4 N–H and O–H groups in total. The number of hydrogen-bond acceptors (Lipinski definition) is 8. The Balaban J connectivity index is 1.28. The number of nitrogens with one attached hydrogen (secondary N) is 2. The van der Waals surface area contributed by atoms with Gasteiger partial charge in [-0.15, -0.1) is 0 Å². The van der Waals surface area contributed by atoms with Crippen LogP contribution in [-0.4, -0.2) is 116 Å². The minimum atomic E-state index is -1.16. The van der Waals surface area contributed by atoms with Crippen molar-refractivity contribution >= 4 is 11.8 Å². The zero-order chi connectivity index (χ0) is 36.7. The standard InChI is InChI=1S/C39H69FN4O6/c1-21(2)32(19-43(7)8)42-37(47)28-15-24(13-14-30(28)40)27-12-10-11-25(36(27)49-9)18-44-35(34(23(4)46)33(20-45)50-44)38(48)41-31-17-26-16-29(22(31)3)39(26,5)6/h21-36,45-46H,10-20H2,1-9H3,(H,41,48)(H,42,47)/t22-,23-,24?,25?,26+,27?,28?,29-,30?,31-,32-,33-,34+,35-,36?/m0/s1. The lowest BCUT2D eigenvalue weighted by atomic mass is 9.45. The Labute approximate surface area is 300 Å². The number of methoxy groups -OCH3 is 1. The number of likely N-dealkylation sites (N-methyl/N-ethyl adjacent to an activating group) is 1. The van der Waals surface area contributed by atoms with Crippen molar-refractivity contribution in [2.45, 2.75) is 136 Å². The molecule has 6 rings (SSSR count). The number of ether oxygens (including phenoxy) is 1. The molecule has 0 aromatic heterocycles. The minimum Gasteiger partial charge on any atom is -0.394 e. The third-order valence-corrected chi connectivity index (χ3v) is 14.2. The van der Waals surface area contributed by atoms with E-state index in [4.69, 9.17) is 9.57 Å². The molecule has 0 spiro atoms. The van der Waals surface area contributed by atoms with Crippen molar-refractivity contribution in [1.82, 2.24) is 20.6 Å². The highest BCUT2D eigenvalue weighted by molar-refractivity contribution is 5.83. The van der Waals surface area contributed by atoms with Crippen molar-refractivity contribution in [2.75, 3.05) is 40.9 Å². The third kappa shape index (κ3) is 8.08. The maximum absolute atomic E-state index is 15.4. The van der Waals surface area contributed by atoms with Gasteiger partial charge in [0.1, 0.15) is 18.3 Å². The molecule has 1 heterocycles. The van der Waals surface area contributed by atoms with Crippen LogP contribution >= 0.6 is 0 Å². The molecule has 2 bridgehead atoms. The highest BCUT2D eigenvalue weighted by Gasteiger charge is 2.58.